The summed E-state index contributed by atoms with van der Waals surface area (Å²) in [6.45, 7) is 8.73. The zero-order valence-corrected chi connectivity index (χ0v) is 8.25. The molecule has 0 radical (unpaired) electrons. The minimum absolute atomic E-state index is 0.275. The average molecular weight is 166 g/mol. The van der Waals surface area contributed by atoms with Crippen LogP contribution in [-0.4, -0.2) is 24.0 Å². The molecule has 0 spiro atoms. The summed E-state index contributed by atoms with van der Waals surface area (Å²) in [5.41, 5.74) is 0. The Morgan fingerprint density at radius 3 is 2.58 bits per heavy atom. The van der Waals surface area contributed by atoms with Crippen LogP contribution in [0.2, 0.25) is 0 Å². The first-order chi connectivity index (χ1) is 5.69. The lowest BCUT2D eigenvalue weighted by Gasteiger charge is -2.25. The van der Waals surface area contributed by atoms with Gasteiger partial charge in [-0.05, 0) is 18.9 Å². The largest absolute Gasteiger partial charge is 0.299 e. The van der Waals surface area contributed by atoms with E-state index in [1.54, 1.807) is 0 Å². The van der Waals surface area contributed by atoms with E-state index in [1.165, 1.54) is 0 Å². The summed E-state index contributed by atoms with van der Waals surface area (Å²) in [7, 11) is 0. The molecule has 1 aliphatic rings. The van der Waals surface area contributed by atoms with Gasteiger partial charge < -0.3 is 0 Å². The molecule has 0 amide bonds. The van der Waals surface area contributed by atoms with Gasteiger partial charge in [-0.15, -0.1) is 0 Å². The first-order valence-corrected chi connectivity index (χ1v) is 4.82. The van der Waals surface area contributed by atoms with Gasteiger partial charge in [0.15, 0.2) is 0 Å². The first-order valence-electron chi connectivity index (χ1n) is 4.82. The maximum absolute atomic E-state index is 8.80. The van der Waals surface area contributed by atoms with E-state index >= 15 is 0 Å². The molecular formula is C10H18N2. The van der Waals surface area contributed by atoms with E-state index in [0.717, 1.165) is 19.5 Å². The van der Waals surface area contributed by atoms with Gasteiger partial charge >= 0.3 is 0 Å². The third-order valence-electron chi connectivity index (χ3n) is 2.81. The number of nitrogens with zero attached hydrogens (tertiary/aromatic N) is 2. The third-order valence-corrected chi connectivity index (χ3v) is 2.81. The molecule has 0 aromatic carbocycles. The van der Waals surface area contributed by atoms with Gasteiger partial charge in [-0.1, -0.05) is 20.8 Å². The molecule has 1 heterocycles. The molecule has 2 unspecified atom stereocenters. The Hall–Kier alpha value is -0.550. The van der Waals surface area contributed by atoms with Gasteiger partial charge in [-0.3, -0.25) is 4.90 Å². The highest BCUT2D eigenvalue weighted by Crippen LogP contribution is 2.27. The molecule has 68 valence electrons. The van der Waals surface area contributed by atoms with Crippen LogP contribution in [0.25, 0.3) is 0 Å². The van der Waals surface area contributed by atoms with Crippen LogP contribution in [0.15, 0.2) is 0 Å². The smallest absolute Gasteiger partial charge is 0.0669 e. The molecule has 1 saturated heterocycles. The van der Waals surface area contributed by atoms with Gasteiger partial charge in [0.1, 0.15) is 0 Å². The molecule has 12 heavy (non-hydrogen) atoms. The quantitative estimate of drug-likeness (QED) is 0.626. The minimum Gasteiger partial charge on any atom is -0.299 e. The van der Waals surface area contributed by atoms with Crippen molar-refractivity contribution < 1.29 is 0 Å². The van der Waals surface area contributed by atoms with Crippen molar-refractivity contribution in [2.24, 2.45) is 11.8 Å². The van der Waals surface area contributed by atoms with Crippen molar-refractivity contribution in [3.63, 3.8) is 0 Å². The SMILES string of the molecule is CCN1CC(C#N)CC1C(C)C. The Morgan fingerprint density at radius 2 is 2.25 bits per heavy atom. The molecule has 1 aliphatic heterocycles. The van der Waals surface area contributed by atoms with Crippen molar-refractivity contribution in [3.05, 3.63) is 0 Å². The van der Waals surface area contributed by atoms with Crippen LogP contribution >= 0.6 is 0 Å². The zero-order chi connectivity index (χ0) is 9.14. The van der Waals surface area contributed by atoms with Gasteiger partial charge in [0.05, 0.1) is 12.0 Å². The van der Waals surface area contributed by atoms with Crippen molar-refractivity contribution >= 4 is 0 Å². The van der Waals surface area contributed by atoms with Crippen LogP contribution in [0.3, 0.4) is 0 Å². The molecule has 0 bridgehead atoms. The van der Waals surface area contributed by atoms with Crippen molar-refractivity contribution in [1.29, 1.82) is 5.26 Å². The number of hydrogen-bond acceptors (Lipinski definition) is 2. The number of likely N-dealkylation sites (tertiary alicyclic amines) is 1. The van der Waals surface area contributed by atoms with Gasteiger partial charge in [0.2, 0.25) is 0 Å². The lowest BCUT2D eigenvalue weighted by molar-refractivity contribution is 0.216. The topological polar surface area (TPSA) is 27.0 Å². The van der Waals surface area contributed by atoms with Crippen LogP contribution in [0.5, 0.6) is 0 Å². The number of nitriles is 1. The van der Waals surface area contributed by atoms with Crippen molar-refractivity contribution in [2.75, 3.05) is 13.1 Å². The highest BCUT2D eigenvalue weighted by Gasteiger charge is 2.32. The molecule has 0 aromatic heterocycles. The molecular weight excluding hydrogens is 148 g/mol. The fourth-order valence-electron chi connectivity index (χ4n) is 2.08. The normalized spacial score (nSPS) is 30.9. The van der Waals surface area contributed by atoms with Gasteiger partial charge in [-0.25, -0.2) is 0 Å². The molecule has 0 aliphatic carbocycles. The lowest BCUT2D eigenvalue weighted by atomic mass is 9.98. The van der Waals surface area contributed by atoms with Crippen LogP contribution in [0.1, 0.15) is 27.2 Å². The molecule has 0 saturated carbocycles. The first kappa shape index (κ1) is 9.54. The second-order valence-electron chi connectivity index (χ2n) is 3.96. The summed E-state index contributed by atoms with van der Waals surface area (Å²) >= 11 is 0. The second kappa shape index (κ2) is 3.91. The van der Waals surface area contributed by atoms with E-state index in [9.17, 15) is 0 Å². The Kier molecular flexibility index (Phi) is 3.11. The summed E-state index contributed by atoms with van der Waals surface area (Å²) in [4.78, 5) is 2.43. The summed E-state index contributed by atoms with van der Waals surface area (Å²) in [5, 5.41) is 8.80. The van der Waals surface area contributed by atoms with Crippen molar-refractivity contribution in [3.8, 4) is 6.07 Å². The minimum atomic E-state index is 0.275. The molecule has 0 N–H and O–H groups in total. The molecule has 0 aromatic rings. The Labute approximate surface area is 75.2 Å². The maximum atomic E-state index is 8.80. The average Bonchev–Trinajstić information content (AvgIpc) is 2.47. The monoisotopic (exact) mass is 166 g/mol. The summed E-state index contributed by atoms with van der Waals surface area (Å²) < 4.78 is 0. The van der Waals surface area contributed by atoms with Gasteiger partial charge in [0, 0.05) is 12.6 Å². The van der Waals surface area contributed by atoms with Crippen LogP contribution in [-0.2, 0) is 0 Å². The zero-order valence-electron chi connectivity index (χ0n) is 8.25. The molecule has 2 atom stereocenters. The molecule has 2 heteroatoms. The van der Waals surface area contributed by atoms with E-state index in [2.05, 4.69) is 31.7 Å². The summed E-state index contributed by atoms with van der Waals surface area (Å²) in [5.74, 6) is 0.959. The Balaban J connectivity index is 2.57. The van der Waals surface area contributed by atoms with Crippen LogP contribution < -0.4 is 0 Å². The molecule has 1 rings (SSSR count). The number of rotatable bonds is 2. The summed E-state index contributed by atoms with van der Waals surface area (Å²) in [6, 6.07) is 3.01. The highest BCUT2D eigenvalue weighted by molar-refractivity contribution is 4.96. The van der Waals surface area contributed by atoms with E-state index in [4.69, 9.17) is 5.26 Å². The van der Waals surface area contributed by atoms with Gasteiger partial charge in [0.25, 0.3) is 0 Å². The third kappa shape index (κ3) is 1.78. The van der Waals surface area contributed by atoms with E-state index < -0.39 is 0 Å². The Morgan fingerprint density at radius 1 is 1.58 bits per heavy atom. The standard InChI is InChI=1S/C10H18N2/c1-4-12-7-9(6-11)5-10(12)8(2)3/h8-10H,4-5,7H2,1-3H3. The van der Waals surface area contributed by atoms with E-state index in [0.29, 0.717) is 12.0 Å². The predicted molar refractivity (Wildman–Crippen MR) is 49.6 cm³/mol. The number of hydrogen-bond donors (Lipinski definition) is 0. The molecule has 2 nitrogen and oxygen atoms in total. The summed E-state index contributed by atoms with van der Waals surface area (Å²) in [6.07, 6.45) is 1.07. The predicted octanol–water partition coefficient (Wildman–Crippen LogP) is 1.88. The van der Waals surface area contributed by atoms with Gasteiger partial charge in [-0.2, -0.15) is 5.26 Å². The molecule has 1 fully saturated rings. The maximum Gasteiger partial charge on any atom is 0.0669 e. The lowest BCUT2D eigenvalue weighted by Crippen LogP contribution is -2.33. The van der Waals surface area contributed by atoms with E-state index in [1.807, 2.05) is 0 Å². The van der Waals surface area contributed by atoms with Crippen molar-refractivity contribution in [1.82, 2.24) is 4.90 Å². The van der Waals surface area contributed by atoms with Crippen LogP contribution in [0.4, 0.5) is 0 Å². The highest BCUT2D eigenvalue weighted by atomic mass is 15.2. The fraction of sp³-hybridized carbons (Fsp3) is 0.900. The second-order valence-corrected chi connectivity index (χ2v) is 3.96. The van der Waals surface area contributed by atoms with Crippen LogP contribution in [0, 0.1) is 23.2 Å². The fourth-order valence-corrected chi connectivity index (χ4v) is 2.08. The Bertz CT molecular complexity index is 181. The van der Waals surface area contributed by atoms with Crippen molar-refractivity contribution in [2.45, 2.75) is 33.2 Å². The van der Waals surface area contributed by atoms with E-state index in [-0.39, 0.29) is 5.92 Å².